The zero-order valence-electron chi connectivity index (χ0n) is 10.4. The van der Waals surface area contributed by atoms with Crippen LogP contribution in [0.3, 0.4) is 0 Å². The standard InChI is InChI=1S/C11H11ClN6O/c1-6-3-13-8(19-6)4-14-10-7(2)9(12)17-11-15-5-16-18(10)11/h3,5,14H,4H2,1-2H3. The maximum Gasteiger partial charge on any atom is 0.255 e. The molecular weight excluding hydrogens is 268 g/mol. The number of aromatic nitrogens is 5. The molecule has 0 aliphatic heterocycles. The van der Waals surface area contributed by atoms with Crippen molar-refractivity contribution in [3.63, 3.8) is 0 Å². The highest BCUT2D eigenvalue weighted by Crippen LogP contribution is 2.22. The van der Waals surface area contributed by atoms with Gasteiger partial charge in [0.2, 0.25) is 5.89 Å². The van der Waals surface area contributed by atoms with Crippen molar-refractivity contribution < 1.29 is 4.42 Å². The fraction of sp³-hybridized carbons (Fsp3) is 0.273. The first-order chi connectivity index (χ1) is 9.15. The first-order valence-electron chi connectivity index (χ1n) is 5.66. The largest absolute Gasteiger partial charge is 0.444 e. The summed E-state index contributed by atoms with van der Waals surface area (Å²) in [4.78, 5) is 12.3. The number of aryl methyl sites for hydroxylation is 1. The van der Waals surface area contributed by atoms with Crippen molar-refractivity contribution in [3.8, 4) is 0 Å². The Bertz CT molecular complexity index is 734. The summed E-state index contributed by atoms with van der Waals surface area (Å²) < 4.78 is 7.00. The Kier molecular flexibility index (Phi) is 2.83. The number of hydrogen-bond acceptors (Lipinski definition) is 6. The second-order valence-electron chi connectivity index (χ2n) is 4.07. The smallest absolute Gasteiger partial charge is 0.255 e. The van der Waals surface area contributed by atoms with Gasteiger partial charge in [0.05, 0.1) is 12.7 Å². The van der Waals surface area contributed by atoms with Gasteiger partial charge >= 0.3 is 0 Å². The van der Waals surface area contributed by atoms with Crippen LogP contribution in [0, 0.1) is 13.8 Å². The van der Waals surface area contributed by atoms with Gasteiger partial charge in [-0.05, 0) is 13.8 Å². The normalized spacial score (nSPS) is 11.1. The number of nitrogens with one attached hydrogen (secondary N) is 1. The highest BCUT2D eigenvalue weighted by Gasteiger charge is 2.12. The van der Waals surface area contributed by atoms with Gasteiger partial charge in [-0.25, -0.2) is 4.98 Å². The van der Waals surface area contributed by atoms with E-state index in [1.54, 1.807) is 10.7 Å². The Hall–Kier alpha value is -2.15. The Morgan fingerprint density at radius 2 is 2.21 bits per heavy atom. The summed E-state index contributed by atoms with van der Waals surface area (Å²) in [6, 6.07) is 0. The summed E-state index contributed by atoms with van der Waals surface area (Å²) in [5, 5.41) is 7.70. The lowest BCUT2D eigenvalue weighted by Gasteiger charge is -2.10. The van der Waals surface area contributed by atoms with Crippen LogP contribution < -0.4 is 5.32 Å². The third kappa shape index (κ3) is 2.12. The van der Waals surface area contributed by atoms with Crippen molar-refractivity contribution in [1.29, 1.82) is 0 Å². The predicted octanol–water partition coefficient (Wildman–Crippen LogP) is 1.99. The minimum atomic E-state index is 0.395. The van der Waals surface area contributed by atoms with Crippen molar-refractivity contribution in [2.24, 2.45) is 0 Å². The number of hydrogen-bond donors (Lipinski definition) is 1. The third-order valence-corrected chi connectivity index (χ3v) is 3.05. The summed E-state index contributed by atoms with van der Waals surface area (Å²) in [5.41, 5.74) is 0.794. The Balaban J connectivity index is 1.95. The number of nitrogens with zero attached hydrogens (tertiary/aromatic N) is 5. The molecular formula is C11H11ClN6O. The lowest BCUT2D eigenvalue weighted by molar-refractivity contribution is 0.478. The van der Waals surface area contributed by atoms with E-state index in [1.807, 2.05) is 13.8 Å². The van der Waals surface area contributed by atoms with Crippen molar-refractivity contribution >= 4 is 23.2 Å². The molecule has 1 N–H and O–H groups in total. The maximum absolute atomic E-state index is 6.06. The fourth-order valence-corrected chi connectivity index (χ4v) is 1.91. The maximum atomic E-state index is 6.06. The van der Waals surface area contributed by atoms with Crippen LogP contribution in [0.2, 0.25) is 5.15 Å². The first-order valence-corrected chi connectivity index (χ1v) is 6.04. The van der Waals surface area contributed by atoms with Crippen LogP contribution in [0.4, 0.5) is 5.82 Å². The topological polar surface area (TPSA) is 81.1 Å². The first kappa shape index (κ1) is 11.9. The molecule has 3 aromatic heterocycles. The molecule has 0 spiro atoms. The van der Waals surface area contributed by atoms with E-state index in [0.717, 1.165) is 17.1 Å². The van der Waals surface area contributed by atoms with Gasteiger partial charge in [-0.2, -0.15) is 19.6 Å². The summed E-state index contributed by atoms with van der Waals surface area (Å²) in [5.74, 6) is 2.54. The van der Waals surface area contributed by atoms with E-state index in [0.29, 0.717) is 23.4 Å². The lowest BCUT2D eigenvalue weighted by atomic mass is 10.3. The molecule has 0 aliphatic rings. The SMILES string of the molecule is Cc1cnc(CNc2c(C)c(Cl)nc3ncnn23)o1. The molecule has 0 saturated heterocycles. The second kappa shape index (κ2) is 4.51. The quantitative estimate of drug-likeness (QED) is 0.738. The van der Waals surface area contributed by atoms with Crippen LogP contribution in [0.15, 0.2) is 16.9 Å². The van der Waals surface area contributed by atoms with Gasteiger partial charge in [0.25, 0.3) is 5.78 Å². The Labute approximate surface area is 113 Å². The van der Waals surface area contributed by atoms with E-state index < -0.39 is 0 Å². The summed E-state index contributed by atoms with van der Waals surface area (Å²) in [6.45, 7) is 4.14. The monoisotopic (exact) mass is 278 g/mol. The average molecular weight is 279 g/mol. The number of rotatable bonds is 3. The molecule has 19 heavy (non-hydrogen) atoms. The number of oxazole rings is 1. The van der Waals surface area contributed by atoms with Gasteiger partial charge in [-0.1, -0.05) is 11.6 Å². The van der Waals surface area contributed by atoms with E-state index in [1.165, 1.54) is 6.33 Å². The molecule has 0 aromatic carbocycles. The molecule has 0 fully saturated rings. The van der Waals surface area contributed by atoms with E-state index in [4.69, 9.17) is 16.0 Å². The van der Waals surface area contributed by atoms with Gasteiger partial charge < -0.3 is 9.73 Å². The van der Waals surface area contributed by atoms with Gasteiger partial charge in [-0.3, -0.25) is 0 Å². The summed E-state index contributed by atoms with van der Waals surface area (Å²) in [6.07, 6.45) is 3.10. The molecule has 0 unspecified atom stereocenters. The molecule has 0 saturated carbocycles. The van der Waals surface area contributed by atoms with Gasteiger partial charge in [0.15, 0.2) is 0 Å². The Morgan fingerprint density at radius 3 is 2.95 bits per heavy atom. The highest BCUT2D eigenvalue weighted by molar-refractivity contribution is 6.30. The van der Waals surface area contributed by atoms with Gasteiger partial charge in [0.1, 0.15) is 23.1 Å². The zero-order chi connectivity index (χ0) is 13.4. The van der Waals surface area contributed by atoms with Crippen LogP contribution in [0.1, 0.15) is 17.2 Å². The van der Waals surface area contributed by atoms with Crippen LogP contribution in [0.5, 0.6) is 0 Å². The summed E-state index contributed by atoms with van der Waals surface area (Å²) >= 11 is 6.06. The predicted molar refractivity (Wildman–Crippen MR) is 69.1 cm³/mol. The molecule has 3 heterocycles. The molecule has 0 bridgehead atoms. The van der Waals surface area contributed by atoms with Crippen molar-refractivity contribution in [3.05, 3.63) is 34.9 Å². The van der Waals surface area contributed by atoms with Gasteiger partial charge in [0, 0.05) is 5.56 Å². The van der Waals surface area contributed by atoms with E-state index in [2.05, 4.69) is 25.4 Å². The third-order valence-electron chi connectivity index (χ3n) is 2.68. The molecule has 0 amide bonds. The Morgan fingerprint density at radius 1 is 1.37 bits per heavy atom. The molecule has 8 heteroatoms. The molecule has 3 rings (SSSR count). The minimum Gasteiger partial charge on any atom is -0.444 e. The molecule has 7 nitrogen and oxygen atoms in total. The van der Waals surface area contributed by atoms with Gasteiger partial charge in [-0.15, -0.1) is 0 Å². The van der Waals surface area contributed by atoms with Crippen LogP contribution in [-0.4, -0.2) is 24.6 Å². The zero-order valence-corrected chi connectivity index (χ0v) is 11.1. The number of halogens is 1. The van der Waals surface area contributed by atoms with Crippen LogP contribution in [0.25, 0.3) is 5.78 Å². The van der Waals surface area contributed by atoms with E-state index >= 15 is 0 Å². The highest BCUT2D eigenvalue weighted by atomic mass is 35.5. The number of fused-ring (bicyclic) bond motifs is 1. The fourth-order valence-electron chi connectivity index (χ4n) is 1.75. The molecule has 0 aliphatic carbocycles. The average Bonchev–Trinajstić information content (AvgIpc) is 2.99. The van der Waals surface area contributed by atoms with E-state index in [9.17, 15) is 0 Å². The lowest BCUT2D eigenvalue weighted by Crippen LogP contribution is -2.09. The van der Waals surface area contributed by atoms with Crippen molar-refractivity contribution in [2.45, 2.75) is 20.4 Å². The van der Waals surface area contributed by atoms with E-state index in [-0.39, 0.29) is 0 Å². The van der Waals surface area contributed by atoms with Crippen LogP contribution >= 0.6 is 11.6 Å². The molecule has 0 atom stereocenters. The van der Waals surface area contributed by atoms with Crippen molar-refractivity contribution in [2.75, 3.05) is 5.32 Å². The number of anilines is 1. The molecule has 0 radical (unpaired) electrons. The van der Waals surface area contributed by atoms with Crippen LogP contribution in [-0.2, 0) is 6.54 Å². The van der Waals surface area contributed by atoms with Crippen molar-refractivity contribution in [1.82, 2.24) is 24.6 Å². The summed E-state index contributed by atoms with van der Waals surface area (Å²) in [7, 11) is 0. The molecule has 98 valence electrons. The molecule has 3 aromatic rings. The minimum absolute atomic E-state index is 0.395. The second-order valence-corrected chi connectivity index (χ2v) is 4.42.